The highest BCUT2D eigenvalue weighted by Crippen LogP contribution is 2.31. The fourth-order valence-corrected chi connectivity index (χ4v) is 2.75. The van der Waals surface area contributed by atoms with E-state index in [0.717, 1.165) is 21.6 Å². The highest BCUT2D eigenvalue weighted by atomic mass is 79.9. The van der Waals surface area contributed by atoms with Crippen molar-refractivity contribution in [3.63, 3.8) is 0 Å². The average Bonchev–Trinajstić information content (AvgIpc) is 2.87. The van der Waals surface area contributed by atoms with Crippen molar-refractivity contribution < 1.29 is 19.6 Å². The molecule has 0 unspecified atom stereocenters. The van der Waals surface area contributed by atoms with Crippen LogP contribution in [0.25, 0.3) is 6.08 Å². The van der Waals surface area contributed by atoms with E-state index in [2.05, 4.69) is 21.4 Å². The van der Waals surface area contributed by atoms with Crippen molar-refractivity contribution in [2.24, 2.45) is 0 Å². The van der Waals surface area contributed by atoms with Crippen LogP contribution in [0.1, 0.15) is 11.1 Å². The molecule has 3 rings (SSSR count). The number of non-ortho nitro benzene ring substituents is 1. The van der Waals surface area contributed by atoms with Crippen LogP contribution in [-0.2, 0) is 9.59 Å². The Labute approximate surface area is 156 Å². The third-order valence-electron chi connectivity index (χ3n) is 3.80. The molecule has 2 N–H and O–H groups in total. The second kappa shape index (κ2) is 6.60. The number of halogens is 1. The first-order valence-corrected chi connectivity index (χ1v) is 8.18. The van der Waals surface area contributed by atoms with E-state index in [0.29, 0.717) is 5.69 Å². The van der Waals surface area contributed by atoms with Gasteiger partial charge in [0.15, 0.2) is 0 Å². The maximum Gasteiger partial charge on any atom is 0.282 e. The Morgan fingerprint density at radius 1 is 1.23 bits per heavy atom. The molecule has 2 amide bonds. The SMILES string of the molecule is Cc1cc([N+](=O)[O-])cc(/C=C2\C(=O)NN(c3ccc(Br)cc3)C2=O)c1O. The van der Waals surface area contributed by atoms with E-state index in [4.69, 9.17) is 0 Å². The second-order valence-electron chi connectivity index (χ2n) is 5.57. The van der Waals surface area contributed by atoms with E-state index in [-0.39, 0.29) is 28.1 Å². The number of carbonyl (C=O) groups excluding carboxylic acids is 2. The van der Waals surface area contributed by atoms with E-state index in [1.54, 1.807) is 24.3 Å². The quantitative estimate of drug-likeness (QED) is 0.345. The van der Waals surface area contributed by atoms with Gasteiger partial charge in [0.1, 0.15) is 11.3 Å². The van der Waals surface area contributed by atoms with Crippen LogP contribution in [0.4, 0.5) is 11.4 Å². The number of amides is 2. The summed E-state index contributed by atoms with van der Waals surface area (Å²) in [5.74, 6) is -1.52. The third kappa shape index (κ3) is 3.16. The molecule has 0 spiro atoms. The number of anilines is 1. The molecule has 1 fully saturated rings. The smallest absolute Gasteiger partial charge is 0.282 e. The van der Waals surface area contributed by atoms with Gasteiger partial charge in [-0.3, -0.25) is 25.1 Å². The van der Waals surface area contributed by atoms with Crippen LogP contribution in [0.5, 0.6) is 5.75 Å². The molecule has 0 bridgehead atoms. The number of aromatic hydroxyl groups is 1. The van der Waals surface area contributed by atoms with Gasteiger partial charge < -0.3 is 5.11 Å². The van der Waals surface area contributed by atoms with Crippen molar-refractivity contribution in [3.05, 3.63) is 67.7 Å². The molecule has 1 aliphatic heterocycles. The van der Waals surface area contributed by atoms with Crippen molar-refractivity contribution in [1.29, 1.82) is 0 Å². The Hall–Kier alpha value is -3.20. The number of rotatable bonds is 3. The molecule has 2 aromatic carbocycles. The van der Waals surface area contributed by atoms with Gasteiger partial charge in [-0.2, -0.15) is 0 Å². The number of carbonyl (C=O) groups is 2. The van der Waals surface area contributed by atoms with Gasteiger partial charge in [0, 0.05) is 22.2 Å². The molecule has 1 heterocycles. The highest BCUT2D eigenvalue weighted by Gasteiger charge is 2.34. The highest BCUT2D eigenvalue weighted by molar-refractivity contribution is 9.10. The van der Waals surface area contributed by atoms with Gasteiger partial charge in [-0.1, -0.05) is 15.9 Å². The Morgan fingerprint density at radius 2 is 1.88 bits per heavy atom. The number of hydrogen-bond acceptors (Lipinski definition) is 5. The average molecular weight is 418 g/mol. The maximum atomic E-state index is 12.6. The van der Waals surface area contributed by atoms with Gasteiger partial charge >= 0.3 is 0 Å². The topological polar surface area (TPSA) is 113 Å². The van der Waals surface area contributed by atoms with Crippen LogP contribution in [0, 0.1) is 17.0 Å². The van der Waals surface area contributed by atoms with Crippen molar-refractivity contribution in [2.75, 3.05) is 5.01 Å². The summed E-state index contributed by atoms with van der Waals surface area (Å²) in [6.07, 6.45) is 1.14. The molecule has 0 saturated carbocycles. The number of nitro groups is 1. The first kappa shape index (κ1) is 17.6. The normalized spacial score (nSPS) is 15.5. The molecule has 2 aromatic rings. The monoisotopic (exact) mass is 417 g/mol. The summed E-state index contributed by atoms with van der Waals surface area (Å²) in [4.78, 5) is 35.1. The molecular weight excluding hydrogens is 406 g/mol. The second-order valence-corrected chi connectivity index (χ2v) is 6.49. The van der Waals surface area contributed by atoms with E-state index in [9.17, 15) is 24.8 Å². The molecule has 1 aliphatic rings. The lowest BCUT2D eigenvalue weighted by atomic mass is 10.0. The number of nitrogens with one attached hydrogen (secondary N) is 1. The number of hydrogen-bond donors (Lipinski definition) is 2. The molecule has 0 radical (unpaired) electrons. The van der Waals surface area contributed by atoms with E-state index in [1.165, 1.54) is 13.0 Å². The van der Waals surface area contributed by atoms with E-state index >= 15 is 0 Å². The van der Waals surface area contributed by atoms with Gasteiger partial charge in [-0.05, 0) is 42.8 Å². The minimum absolute atomic E-state index is 0.0212. The Kier molecular flexibility index (Phi) is 4.47. The van der Waals surface area contributed by atoms with Crippen LogP contribution >= 0.6 is 15.9 Å². The summed E-state index contributed by atoms with van der Waals surface area (Å²) in [5, 5.41) is 22.2. The Balaban J connectivity index is 2.02. The van der Waals surface area contributed by atoms with Crippen LogP contribution in [-0.4, -0.2) is 21.8 Å². The lowest BCUT2D eigenvalue weighted by Crippen LogP contribution is -2.35. The zero-order valence-corrected chi connectivity index (χ0v) is 15.0. The number of phenols is 1. The lowest BCUT2D eigenvalue weighted by molar-refractivity contribution is -0.384. The standard InChI is InChI=1S/C17H12BrN3O5/c1-9-6-13(21(25)26)7-10(15(9)22)8-14-16(23)19-20(17(14)24)12-4-2-11(18)3-5-12/h2-8,22H,1H3,(H,19,23)/b14-8+. The fourth-order valence-electron chi connectivity index (χ4n) is 2.49. The van der Waals surface area contributed by atoms with Crippen LogP contribution < -0.4 is 10.4 Å². The molecule has 0 atom stereocenters. The predicted octanol–water partition coefficient (Wildman–Crippen LogP) is 2.83. The Bertz CT molecular complexity index is 969. The molecule has 0 aliphatic carbocycles. The van der Waals surface area contributed by atoms with E-state index in [1.807, 2.05) is 0 Å². The van der Waals surface area contributed by atoms with Crippen LogP contribution in [0.3, 0.4) is 0 Å². The summed E-state index contributed by atoms with van der Waals surface area (Å²) < 4.78 is 0.812. The maximum absolute atomic E-state index is 12.6. The number of benzene rings is 2. The van der Waals surface area contributed by atoms with Gasteiger partial charge in [0.25, 0.3) is 17.5 Å². The number of nitrogens with zero attached hydrogens (tertiary/aromatic N) is 2. The fraction of sp³-hybridized carbons (Fsp3) is 0.0588. The summed E-state index contributed by atoms with van der Waals surface area (Å²) in [6.45, 7) is 1.50. The molecule has 8 nitrogen and oxygen atoms in total. The van der Waals surface area contributed by atoms with Gasteiger partial charge in [-0.15, -0.1) is 0 Å². The number of phenolic OH excluding ortho intramolecular Hbond substituents is 1. The lowest BCUT2D eigenvalue weighted by Gasteiger charge is -2.14. The molecule has 132 valence electrons. The molecule has 9 heteroatoms. The Morgan fingerprint density at radius 3 is 2.50 bits per heavy atom. The zero-order valence-electron chi connectivity index (χ0n) is 13.4. The van der Waals surface area contributed by atoms with E-state index < -0.39 is 16.7 Å². The predicted molar refractivity (Wildman–Crippen MR) is 97.2 cm³/mol. The minimum atomic E-state index is -0.665. The summed E-state index contributed by atoms with van der Waals surface area (Å²) in [7, 11) is 0. The van der Waals surface area contributed by atoms with Crippen LogP contribution in [0.15, 0.2) is 46.4 Å². The number of aryl methyl sites for hydroxylation is 1. The summed E-state index contributed by atoms with van der Waals surface area (Å²) in [5.41, 5.74) is 2.69. The molecule has 0 aromatic heterocycles. The van der Waals surface area contributed by atoms with Crippen molar-refractivity contribution in [3.8, 4) is 5.75 Å². The zero-order chi connectivity index (χ0) is 19.0. The van der Waals surface area contributed by atoms with Gasteiger partial charge in [0.05, 0.1) is 10.6 Å². The first-order valence-electron chi connectivity index (χ1n) is 7.38. The third-order valence-corrected chi connectivity index (χ3v) is 4.33. The molecule has 1 saturated heterocycles. The number of hydrazine groups is 1. The summed E-state index contributed by atoms with van der Waals surface area (Å²) >= 11 is 3.29. The minimum Gasteiger partial charge on any atom is -0.507 e. The number of nitro benzene ring substituents is 1. The molecular formula is C17H12BrN3O5. The van der Waals surface area contributed by atoms with Crippen molar-refractivity contribution >= 4 is 45.2 Å². The van der Waals surface area contributed by atoms with Crippen molar-refractivity contribution in [2.45, 2.75) is 6.92 Å². The van der Waals surface area contributed by atoms with Crippen molar-refractivity contribution in [1.82, 2.24) is 5.43 Å². The molecule has 26 heavy (non-hydrogen) atoms. The first-order chi connectivity index (χ1) is 12.3. The summed E-state index contributed by atoms with van der Waals surface area (Å²) in [6, 6.07) is 9.03. The van der Waals surface area contributed by atoms with Gasteiger partial charge in [0.2, 0.25) is 0 Å². The van der Waals surface area contributed by atoms with Gasteiger partial charge in [-0.25, -0.2) is 5.01 Å². The largest absolute Gasteiger partial charge is 0.507 e. The van der Waals surface area contributed by atoms with Crippen LogP contribution in [0.2, 0.25) is 0 Å².